The SMILES string of the molecule is CC1(C)OB(B2OC(C)(C)C(C)(C)O2)OC1(C)C.COC(=O)[C@@H](N)Cc1ccc(Br)c2c1CCCO2.COC(=O)[C@H](Cc1ccc(B2OC(C)(C)C(C)(C)O2)c2c1CCCO2)NC(=O)c1c(F)cc(NC(C)C)cc1F.COC(=O)[C@H](Cc1ccc(Br)c2c1CCCO2)NC(=O)c1c(F)cc(NC(C)C)cc1F.Cc1cc(C(F)(F)F)c(I)c(=O)n1C.Cl. The van der Waals surface area contributed by atoms with E-state index in [1.54, 1.807) is 6.07 Å². The Morgan fingerprint density at radius 2 is 0.854 bits per heavy atom. The van der Waals surface area contributed by atoms with Crippen LogP contribution in [0.4, 0.5) is 42.1 Å². The smallest absolute Gasteiger partial charge is 0.494 e. The average Bonchev–Trinajstić information content (AvgIpc) is 1.59. The molecule has 7 heterocycles. The quantitative estimate of drug-likeness (QED) is 0.0165. The molecule has 0 radical (unpaired) electrons. The van der Waals surface area contributed by atoms with Gasteiger partial charge in [0.25, 0.3) is 17.4 Å². The van der Waals surface area contributed by atoms with Gasteiger partial charge in [-0.2, -0.15) is 13.2 Å². The van der Waals surface area contributed by atoms with Gasteiger partial charge in [-0.05, 0) is 293 Å². The number of aromatic nitrogens is 1. The lowest BCUT2D eigenvalue weighted by Gasteiger charge is -2.32. The summed E-state index contributed by atoms with van der Waals surface area (Å²) in [6.45, 7) is 34.7. The van der Waals surface area contributed by atoms with Gasteiger partial charge in [0.2, 0.25) is 0 Å². The predicted molar refractivity (Wildman–Crippen MR) is 473 cm³/mol. The Morgan fingerprint density at radius 1 is 0.528 bits per heavy atom. The Hall–Kier alpha value is -7.20. The zero-order chi connectivity index (χ0) is 91.0. The van der Waals surface area contributed by atoms with Crippen molar-refractivity contribution in [3.8, 4) is 17.2 Å². The van der Waals surface area contributed by atoms with Gasteiger partial charge in [0.1, 0.15) is 69.8 Å². The minimum atomic E-state index is -4.46. The molecule has 0 aliphatic carbocycles. The molecule has 38 heteroatoms. The first kappa shape index (κ1) is 103. The van der Waals surface area contributed by atoms with E-state index < -0.39 is 126 Å². The van der Waals surface area contributed by atoms with E-state index in [4.69, 9.17) is 57.3 Å². The molecular formula is C85H110B3Br2ClF7IN6O18. The zero-order valence-electron chi connectivity index (χ0n) is 73.0. The Labute approximate surface area is 751 Å². The molecule has 3 atom stereocenters. The fourth-order valence-corrected chi connectivity index (χ4v) is 15.5. The van der Waals surface area contributed by atoms with Crippen LogP contribution in [0, 0.1) is 33.8 Å². The van der Waals surface area contributed by atoms with Gasteiger partial charge in [0.05, 0.1) is 92.8 Å². The molecule has 0 unspecified atom stereocenters. The number of benzene rings is 5. The number of pyridine rings is 1. The van der Waals surface area contributed by atoms with Crippen LogP contribution in [0.1, 0.15) is 195 Å². The van der Waals surface area contributed by atoms with Crippen molar-refractivity contribution in [3.63, 3.8) is 0 Å². The van der Waals surface area contributed by atoms with Crippen molar-refractivity contribution in [1.29, 1.82) is 0 Å². The topological polar surface area (TPSA) is 292 Å². The highest BCUT2D eigenvalue weighted by atomic mass is 127. The first-order chi connectivity index (χ1) is 56.7. The van der Waals surface area contributed by atoms with Crippen LogP contribution in [-0.4, -0.2) is 160 Å². The number of esters is 3. The number of nitrogens with one attached hydrogen (secondary N) is 4. The molecule has 6 aromatic rings. The van der Waals surface area contributed by atoms with E-state index in [9.17, 15) is 59.5 Å². The van der Waals surface area contributed by atoms with Crippen molar-refractivity contribution in [2.45, 2.75) is 245 Å². The highest BCUT2D eigenvalue weighted by Gasteiger charge is 2.64. The molecule has 12 rings (SSSR count). The van der Waals surface area contributed by atoms with Gasteiger partial charge in [-0.25, -0.2) is 27.2 Å². The molecule has 0 spiro atoms. The predicted octanol–water partition coefficient (Wildman–Crippen LogP) is 15.1. The Bertz CT molecular complexity index is 4770. The van der Waals surface area contributed by atoms with Crippen molar-refractivity contribution >= 4 is 135 Å². The van der Waals surface area contributed by atoms with E-state index >= 15 is 0 Å². The van der Waals surface area contributed by atoms with Gasteiger partial charge in [-0.1, -0.05) is 24.3 Å². The number of carbonyl (C=O) groups is 5. The number of nitrogens with zero attached hydrogens (tertiary/aromatic N) is 1. The fourth-order valence-electron chi connectivity index (χ4n) is 13.7. The van der Waals surface area contributed by atoms with Crippen LogP contribution in [0.25, 0.3) is 0 Å². The van der Waals surface area contributed by atoms with Crippen molar-refractivity contribution < 1.29 is 111 Å². The number of hydrogen-bond acceptors (Lipinski definition) is 21. The van der Waals surface area contributed by atoms with Crippen molar-refractivity contribution in [3.05, 3.63) is 169 Å². The van der Waals surface area contributed by atoms with Gasteiger partial charge in [0.15, 0.2) is 0 Å². The molecule has 6 aliphatic heterocycles. The lowest BCUT2D eigenvalue weighted by atomic mass is 9.49. The molecule has 0 bridgehead atoms. The summed E-state index contributed by atoms with van der Waals surface area (Å²) in [5.74, 6) is -5.85. The summed E-state index contributed by atoms with van der Waals surface area (Å²) >= 11 is 8.35. The monoisotopic (exact) mass is 1990 g/mol. The third-order valence-corrected chi connectivity index (χ3v) is 24.8. The second-order valence-electron chi connectivity index (χ2n) is 33.8. The second-order valence-corrected chi connectivity index (χ2v) is 36.6. The number of methoxy groups -OCH3 is 3. The highest BCUT2D eigenvalue weighted by molar-refractivity contribution is 14.1. The number of carbonyl (C=O) groups excluding carboxylic acids is 5. The minimum absolute atomic E-state index is 0. The molecule has 6 aliphatic rings. The molecule has 3 saturated heterocycles. The summed E-state index contributed by atoms with van der Waals surface area (Å²) in [5.41, 5.74) is 7.28. The number of anilines is 2. The number of amides is 2. The summed E-state index contributed by atoms with van der Waals surface area (Å²) in [5, 5.41) is 10.7. The lowest BCUT2D eigenvalue weighted by molar-refractivity contribution is -0.143. The van der Waals surface area contributed by atoms with E-state index in [2.05, 4.69) is 57.9 Å². The number of ether oxygens (including phenoxy) is 6. The van der Waals surface area contributed by atoms with Crippen molar-refractivity contribution in [2.75, 3.05) is 51.8 Å². The van der Waals surface area contributed by atoms with Crippen LogP contribution in [0.3, 0.4) is 0 Å². The van der Waals surface area contributed by atoms with Crippen LogP contribution < -0.4 is 52.2 Å². The maximum atomic E-state index is 14.8. The molecule has 6 N–H and O–H groups in total. The number of fused-ring (bicyclic) bond motifs is 3. The number of hydrogen-bond donors (Lipinski definition) is 5. The Morgan fingerprint density at radius 3 is 1.20 bits per heavy atom. The molecular weight excluding hydrogens is 1880 g/mol. The van der Waals surface area contributed by atoms with E-state index in [1.807, 2.05) is 141 Å². The number of nitrogens with two attached hydrogens (primary N) is 1. The molecule has 1 aromatic heterocycles. The fraction of sp³-hybridized carbons (Fsp3) is 0.529. The molecule has 123 heavy (non-hydrogen) atoms. The first-order valence-corrected chi connectivity index (χ1v) is 42.6. The van der Waals surface area contributed by atoms with E-state index in [0.29, 0.717) is 43.2 Å². The molecule has 3 fully saturated rings. The standard InChI is InChI=1S/C29H37BF2N2O6.C23H25BrF2N2O4.C13H16BrNO3.C12H24B2O4.C8H7F3INO.ClH/c1-16(2)33-18-14-21(31)24(22(32)15-18)26(35)34-23(27(36)37-7)13-17-10-11-20(25-19(17)9-8-12-38-25)30-39-28(3,4)29(5,6)40-30;1-12(2)27-14-10-17(25)20(18(26)11-14)22(29)28-19(23(30)31-3)9-13-6-7-16(24)21-15(13)5-4-8-32-21;1-17-13(16)11(15)7-8-4-5-10(14)12-9(8)3-2-6-18-12;1-9(2)10(3,4)16-13(15-9)14-17-11(5,6)12(7,8)18-14;1-4-3-5(8(9,10)11)6(12)7(14)13(4)2;/h10-11,14-16,23,33H,8-9,12-13H2,1-7H3,(H,34,35);6-7,10-12,19,27H,4-5,8-9H2,1-3H3,(H,28,29);4-5,11H,2-3,6-7,15H2,1H3;1-8H3;3H,1-2H3;1H/t23-;19-;11-;;;/m000.../s1. The number of rotatable bonds is 19. The largest absolute Gasteiger partial charge is 0.498 e. The van der Waals surface area contributed by atoms with Gasteiger partial charge in [-0.3, -0.25) is 19.2 Å². The summed E-state index contributed by atoms with van der Waals surface area (Å²) < 4.78 is 167. The molecule has 0 saturated carbocycles. The first-order valence-electron chi connectivity index (χ1n) is 40.0. The number of halogens is 11. The normalized spacial score (nSPS) is 17.8. The van der Waals surface area contributed by atoms with Crippen LogP contribution in [0.15, 0.2) is 80.5 Å². The summed E-state index contributed by atoms with van der Waals surface area (Å²) in [6, 6.07) is 13.3. The third-order valence-electron chi connectivity index (χ3n) is 22.5. The molecule has 24 nitrogen and oxygen atoms in total. The molecule has 2 amide bonds. The van der Waals surface area contributed by atoms with Crippen molar-refractivity contribution in [2.24, 2.45) is 12.8 Å². The Kier molecular flexibility index (Phi) is 35.3. The molecule has 674 valence electrons. The van der Waals surface area contributed by atoms with E-state index in [0.717, 1.165) is 123 Å². The Balaban J connectivity index is 0.000000223. The van der Waals surface area contributed by atoms with Gasteiger partial charge in [-0.15, -0.1) is 12.4 Å². The van der Waals surface area contributed by atoms with Gasteiger partial charge in [0, 0.05) is 54.5 Å². The van der Waals surface area contributed by atoms with Crippen molar-refractivity contribution in [1.82, 2.24) is 15.2 Å². The lowest BCUT2D eigenvalue weighted by Crippen LogP contribution is -2.44. The second kappa shape index (κ2) is 42.2. The average molecular weight is 1990 g/mol. The minimum Gasteiger partial charge on any atom is -0.494 e. The van der Waals surface area contributed by atoms with E-state index in [-0.39, 0.29) is 80.7 Å². The summed E-state index contributed by atoms with van der Waals surface area (Å²) in [4.78, 5) is 73.5. The third kappa shape index (κ3) is 25.0. The number of aryl methyl sites for hydroxylation is 1. The van der Waals surface area contributed by atoms with E-state index in [1.165, 1.54) is 62.5 Å². The maximum Gasteiger partial charge on any atom is 0.498 e. The van der Waals surface area contributed by atoms with Gasteiger partial charge < -0.3 is 87.9 Å². The van der Waals surface area contributed by atoms with Crippen LogP contribution in [0.5, 0.6) is 17.2 Å². The summed E-state index contributed by atoms with van der Waals surface area (Å²) in [6.07, 6.45) is 1.08. The maximum absolute atomic E-state index is 14.8. The molecule has 5 aromatic carbocycles. The number of alkyl halides is 3. The highest BCUT2D eigenvalue weighted by Crippen LogP contribution is 2.45. The van der Waals surface area contributed by atoms with Crippen LogP contribution >= 0.6 is 66.9 Å². The van der Waals surface area contributed by atoms with Crippen LogP contribution in [-0.2, 0) is 108 Å². The summed E-state index contributed by atoms with van der Waals surface area (Å²) in [7, 11) is 3.58. The van der Waals surface area contributed by atoms with Gasteiger partial charge >= 0.3 is 45.2 Å². The zero-order valence-corrected chi connectivity index (χ0v) is 79.2. The van der Waals surface area contributed by atoms with Crippen LogP contribution in [0.2, 0.25) is 0 Å².